The second-order valence-corrected chi connectivity index (χ2v) is 10.8. The molecule has 0 saturated carbocycles. The Kier molecular flexibility index (Phi) is 9.57. The number of nitrogens with one attached hydrogen (secondary N) is 2. The van der Waals surface area contributed by atoms with E-state index in [-0.39, 0.29) is 12.3 Å². The number of anilines is 1. The van der Waals surface area contributed by atoms with Crippen LogP contribution in [0, 0.1) is 11.3 Å². The Morgan fingerprint density at radius 2 is 2.00 bits per heavy atom. The highest BCUT2D eigenvalue weighted by Gasteiger charge is 2.25. The fraction of sp³-hybridized carbons (Fsp3) is 0.667. The van der Waals surface area contributed by atoms with E-state index in [0.29, 0.717) is 26.3 Å². The van der Waals surface area contributed by atoms with Crippen LogP contribution >= 0.6 is 0 Å². The number of nitriles is 1. The summed E-state index contributed by atoms with van der Waals surface area (Å²) in [5.74, 6) is 0. The topological polar surface area (TPSA) is 110 Å². The van der Waals surface area contributed by atoms with Gasteiger partial charge in [0.1, 0.15) is 5.60 Å². The maximum absolute atomic E-state index is 11.7. The lowest BCUT2D eigenvalue weighted by Crippen LogP contribution is -2.33. The van der Waals surface area contributed by atoms with E-state index >= 15 is 0 Å². The molecule has 0 bridgehead atoms. The van der Waals surface area contributed by atoms with Crippen molar-refractivity contribution in [3.63, 3.8) is 0 Å². The number of carbonyl (C=O) groups is 1. The van der Waals surface area contributed by atoms with Crippen LogP contribution in [-0.2, 0) is 19.6 Å². The number of ether oxygens (including phenoxy) is 3. The van der Waals surface area contributed by atoms with Crippen molar-refractivity contribution in [3.05, 3.63) is 23.9 Å². The fourth-order valence-corrected chi connectivity index (χ4v) is 4.06. The maximum atomic E-state index is 11.7. The van der Waals surface area contributed by atoms with Gasteiger partial charge in [-0.3, -0.25) is 0 Å². The lowest BCUT2D eigenvalue weighted by atomic mass is 9.85. The Labute approximate surface area is 214 Å². The molecule has 198 valence electrons. The maximum Gasteiger partial charge on any atom is 0.407 e. The van der Waals surface area contributed by atoms with E-state index in [1.54, 1.807) is 0 Å². The molecule has 1 aromatic carbocycles. The van der Waals surface area contributed by atoms with Crippen molar-refractivity contribution in [2.24, 2.45) is 0 Å². The average molecular weight is 500 g/mol. The molecule has 1 atom stereocenters. The summed E-state index contributed by atoms with van der Waals surface area (Å²) >= 11 is 0. The van der Waals surface area contributed by atoms with Crippen molar-refractivity contribution < 1.29 is 19.0 Å². The molecule has 1 aliphatic rings. The Hall–Kier alpha value is -2.83. The standard InChI is InChI=1S/C27H41N5O4/c1-26(2,3)36-25(33)30-11-7-9-13-34-15-12-29-22-16-20(27(4,5)19-28)17-23-21(22)18-31-32(23)24-10-6-8-14-35-24/h16-18,24,29H,6-15H2,1-5H3,(H,30,33). The quantitative estimate of drug-likeness (QED) is 0.405. The summed E-state index contributed by atoms with van der Waals surface area (Å²) in [5.41, 5.74) is 1.74. The van der Waals surface area contributed by atoms with Crippen LogP contribution < -0.4 is 10.6 Å². The first-order valence-corrected chi connectivity index (χ1v) is 12.9. The van der Waals surface area contributed by atoms with Crippen molar-refractivity contribution in [2.45, 2.75) is 84.0 Å². The van der Waals surface area contributed by atoms with Gasteiger partial charge < -0.3 is 24.8 Å². The average Bonchev–Trinajstić information content (AvgIpc) is 3.26. The number of nitrogens with zero attached hydrogens (tertiary/aromatic N) is 3. The van der Waals surface area contributed by atoms with E-state index in [9.17, 15) is 10.1 Å². The van der Waals surface area contributed by atoms with Crippen molar-refractivity contribution in [1.29, 1.82) is 5.26 Å². The summed E-state index contributed by atoms with van der Waals surface area (Å²) in [4.78, 5) is 11.7. The first kappa shape index (κ1) is 27.8. The van der Waals surface area contributed by atoms with Gasteiger partial charge in [0.2, 0.25) is 0 Å². The van der Waals surface area contributed by atoms with Gasteiger partial charge in [-0.25, -0.2) is 9.48 Å². The number of benzene rings is 1. The number of fused-ring (bicyclic) bond motifs is 1. The van der Waals surface area contributed by atoms with Crippen LogP contribution in [0.3, 0.4) is 0 Å². The zero-order valence-corrected chi connectivity index (χ0v) is 22.4. The van der Waals surface area contributed by atoms with E-state index < -0.39 is 11.0 Å². The molecule has 0 aliphatic carbocycles. The second-order valence-electron chi connectivity index (χ2n) is 10.8. The molecular weight excluding hydrogens is 458 g/mol. The molecule has 1 unspecified atom stereocenters. The number of aromatic nitrogens is 2. The molecule has 2 N–H and O–H groups in total. The number of unbranched alkanes of at least 4 members (excludes halogenated alkanes) is 1. The van der Waals surface area contributed by atoms with Gasteiger partial charge >= 0.3 is 6.09 Å². The van der Waals surface area contributed by atoms with Crippen molar-refractivity contribution >= 4 is 22.7 Å². The van der Waals surface area contributed by atoms with Crippen molar-refractivity contribution in [1.82, 2.24) is 15.1 Å². The van der Waals surface area contributed by atoms with Crippen LogP contribution in [-0.4, -0.2) is 54.4 Å². The number of rotatable bonds is 11. The van der Waals surface area contributed by atoms with Gasteiger partial charge in [-0.15, -0.1) is 0 Å². The van der Waals surface area contributed by atoms with Crippen LogP contribution in [0.1, 0.15) is 78.5 Å². The Morgan fingerprint density at radius 1 is 1.19 bits per heavy atom. The molecular formula is C27H41N5O4. The summed E-state index contributed by atoms with van der Waals surface area (Å²) in [6.07, 6.45) is 6.21. The molecule has 1 saturated heterocycles. The fourth-order valence-electron chi connectivity index (χ4n) is 4.06. The Morgan fingerprint density at radius 3 is 2.69 bits per heavy atom. The molecule has 2 heterocycles. The third-order valence-corrected chi connectivity index (χ3v) is 6.09. The van der Waals surface area contributed by atoms with Crippen LogP contribution in [0.25, 0.3) is 10.9 Å². The van der Waals surface area contributed by atoms with Gasteiger partial charge in [-0.2, -0.15) is 10.4 Å². The second kappa shape index (κ2) is 12.4. The van der Waals surface area contributed by atoms with Crippen LogP contribution in [0.4, 0.5) is 10.5 Å². The minimum Gasteiger partial charge on any atom is -0.444 e. The molecule has 1 fully saturated rings. The molecule has 0 radical (unpaired) electrons. The zero-order chi connectivity index (χ0) is 26.2. The Bertz CT molecular complexity index is 1040. The molecule has 1 amide bonds. The molecule has 36 heavy (non-hydrogen) atoms. The van der Waals surface area contributed by atoms with E-state index in [0.717, 1.165) is 60.9 Å². The van der Waals surface area contributed by atoms with Gasteiger partial charge in [0.25, 0.3) is 0 Å². The monoisotopic (exact) mass is 499 g/mol. The summed E-state index contributed by atoms with van der Waals surface area (Å²) in [6, 6.07) is 6.52. The largest absolute Gasteiger partial charge is 0.444 e. The lowest BCUT2D eigenvalue weighted by molar-refractivity contribution is -0.0366. The van der Waals surface area contributed by atoms with E-state index in [2.05, 4.69) is 27.9 Å². The first-order chi connectivity index (χ1) is 17.1. The third kappa shape index (κ3) is 7.84. The highest BCUT2D eigenvalue weighted by Crippen LogP contribution is 2.34. The van der Waals surface area contributed by atoms with Gasteiger partial charge in [0, 0.05) is 37.4 Å². The number of hydrogen-bond donors (Lipinski definition) is 2. The predicted octanol–water partition coefficient (Wildman–Crippen LogP) is 5.27. The molecule has 1 aliphatic heterocycles. The number of carbonyl (C=O) groups excluding carboxylic acids is 1. The van der Waals surface area contributed by atoms with E-state index in [4.69, 9.17) is 14.2 Å². The van der Waals surface area contributed by atoms with Gasteiger partial charge in [-0.05, 0) is 84.4 Å². The summed E-state index contributed by atoms with van der Waals surface area (Å²) < 4.78 is 18.9. The highest BCUT2D eigenvalue weighted by molar-refractivity contribution is 5.92. The molecule has 2 aromatic rings. The Balaban J connectivity index is 1.52. The molecule has 1 aromatic heterocycles. The van der Waals surface area contributed by atoms with Crippen LogP contribution in [0.15, 0.2) is 18.3 Å². The molecule has 0 spiro atoms. The normalized spacial score (nSPS) is 16.5. The zero-order valence-electron chi connectivity index (χ0n) is 22.4. The SMILES string of the molecule is CC(C)(C)OC(=O)NCCCCOCCNc1cc(C(C)(C)C#N)cc2c1cnn2C1CCCCO1. The van der Waals surface area contributed by atoms with E-state index in [1.165, 1.54) is 0 Å². The number of alkyl carbamates (subject to hydrolysis) is 1. The smallest absolute Gasteiger partial charge is 0.407 e. The molecule has 3 rings (SSSR count). The van der Waals surface area contributed by atoms with Gasteiger partial charge in [0.05, 0.1) is 29.8 Å². The van der Waals surface area contributed by atoms with E-state index in [1.807, 2.05) is 51.6 Å². The summed E-state index contributed by atoms with van der Waals surface area (Å²) in [5, 5.41) is 21.6. The van der Waals surface area contributed by atoms with Crippen molar-refractivity contribution in [3.8, 4) is 6.07 Å². The number of amides is 1. The minimum atomic E-state index is -0.628. The van der Waals surface area contributed by atoms with Crippen LogP contribution in [0.5, 0.6) is 0 Å². The van der Waals surface area contributed by atoms with Gasteiger partial charge in [-0.1, -0.05) is 0 Å². The van der Waals surface area contributed by atoms with Crippen molar-refractivity contribution in [2.75, 3.05) is 38.2 Å². The number of hydrogen-bond acceptors (Lipinski definition) is 7. The van der Waals surface area contributed by atoms with Crippen LogP contribution in [0.2, 0.25) is 0 Å². The molecule has 9 nitrogen and oxygen atoms in total. The lowest BCUT2D eigenvalue weighted by Gasteiger charge is -2.24. The summed E-state index contributed by atoms with van der Waals surface area (Å²) in [6.45, 7) is 12.5. The third-order valence-electron chi connectivity index (χ3n) is 6.09. The summed E-state index contributed by atoms with van der Waals surface area (Å²) in [7, 11) is 0. The molecule has 9 heteroatoms. The first-order valence-electron chi connectivity index (χ1n) is 12.9. The van der Waals surface area contributed by atoms with Gasteiger partial charge in [0.15, 0.2) is 6.23 Å². The highest BCUT2D eigenvalue weighted by atomic mass is 16.6. The predicted molar refractivity (Wildman–Crippen MR) is 140 cm³/mol. The minimum absolute atomic E-state index is 0.0716.